The van der Waals surface area contributed by atoms with Crippen molar-refractivity contribution in [2.24, 2.45) is 7.05 Å². The Labute approximate surface area is 121 Å². The summed E-state index contributed by atoms with van der Waals surface area (Å²) < 4.78 is 7.72. The Morgan fingerprint density at radius 1 is 1.30 bits per heavy atom. The molecule has 0 aliphatic heterocycles. The molecule has 0 aliphatic rings. The van der Waals surface area contributed by atoms with E-state index < -0.39 is 0 Å². The van der Waals surface area contributed by atoms with Crippen LogP contribution in [-0.4, -0.2) is 29.3 Å². The van der Waals surface area contributed by atoms with Crippen LogP contribution in [-0.2, 0) is 11.8 Å². The Morgan fingerprint density at radius 2 is 2.10 bits per heavy atom. The second-order valence-corrected chi connectivity index (χ2v) is 5.16. The lowest BCUT2D eigenvalue weighted by molar-refractivity contribution is 0.131. The van der Waals surface area contributed by atoms with E-state index in [1.54, 1.807) is 0 Å². The van der Waals surface area contributed by atoms with Crippen molar-refractivity contribution in [1.82, 2.24) is 14.9 Å². The summed E-state index contributed by atoms with van der Waals surface area (Å²) in [5.41, 5.74) is 2.23. The van der Waals surface area contributed by atoms with Crippen LogP contribution >= 0.6 is 0 Å². The molecule has 4 heteroatoms. The van der Waals surface area contributed by atoms with Crippen LogP contribution in [0, 0.1) is 0 Å². The van der Waals surface area contributed by atoms with Crippen LogP contribution in [0.25, 0.3) is 11.0 Å². The van der Waals surface area contributed by atoms with Crippen LogP contribution in [0.3, 0.4) is 0 Å². The summed E-state index contributed by atoms with van der Waals surface area (Å²) in [7, 11) is 2.07. The van der Waals surface area contributed by atoms with Crippen molar-refractivity contribution in [3.63, 3.8) is 0 Å². The molecule has 1 aromatic heterocycles. The Bertz CT molecular complexity index is 536. The largest absolute Gasteiger partial charge is 0.380 e. The van der Waals surface area contributed by atoms with Gasteiger partial charge in [0.15, 0.2) is 0 Å². The van der Waals surface area contributed by atoms with Gasteiger partial charge < -0.3 is 14.6 Å². The fourth-order valence-electron chi connectivity index (χ4n) is 2.34. The van der Waals surface area contributed by atoms with Crippen molar-refractivity contribution in [3.05, 3.63) is 30.1 Å². The molecular formula is C16H25N3O. The van der Waals surface area contributed by atoms with Gasteiger partial charge in [0.05, 0.1) is 23.7 Å². The fraction of sp³-hybridized carbons (Fsp3) is 0.562. The Morgan fingerprint density at radius 3 is 2.85 bits per heavy atom. The molecule has 2 rings (SSSR count). The molecular weight excluding hydrogens is 250 g/mol. The Kier molecular flexibility index (Phi) is 5.56. The predicted octanol–water partition coefficient (Wildman–Crippen LogP) is 3.04. The number of nitrogens with one attached hydrogen (secondary N) is 1. The maximum absolute atomic E-state index is 5.56. The summed E-state index contributed by atoms with van der Waals surface area (Å²) in [6.07, 6.45) is 2.32. The molecule has 1 atom stereocenters. The lowest BCUT2D eigenvalue weighted by Gasteiger charge is -2.14. The molecule has 1 aromatic carbocycles. The number of imidazole rings is 1. The number of unbranched alkanes of at least 4 members (excludes halogenated alkanes) is 1. The van der Waals surface area contributed by atoms with Crippen LogP contribution in [0.4, 0.5) is 0 Å². The first-order valence-corrected chi connectivity index (χ1v) is 7.46. The van der Waals surface area contributed by atoms with Gasteiger partial charge in [-0.25, -0.2) is 4.98 Å². The Hall–Kier alpha value is -1.39. The number of rotatable bonds is 8. The summed E-state index contributed by atoms with van der Waals surface area (Å²) in [6.45, 7) is 6.80. The van der Waals surface area contributed by atoms with Gasteiger partial charge >= 0.3 is 0 Å². The van der Waals surface area contributed by atoms with Gasteiger partial charge in [0, 0.05) is 20.2 Å². The number of hydrogen-bond acceptors (Lipinski definition) is 3. The van der Waals surface area contributed by atoms with E-state index in [1.165, 1.54) is 11.9 Å². The first kappa shape index (κ1) is 15.0. The van der Waals surface area contributed by atoms with Crippen LogP contribution in [0.15, 0.2) is 24.3 Å². The van der Waals surface area contributed by atoms with Crippen molar-refractivity contribution in [2.75, 3.05) is 19.8 Å². The second-order valence-electron chi connectivity index (χ2n) is 5.16. The smallest absolute Gasteiger partial charge is 0.126 e. The van der Waals surface area contributed by atoms with Gasteiger partial charge in [-0.05, 0) is 25.5 Å². The molecule has 110 valence electrons. The SMILES string of the molecule is CCCCOCCNC(C)c1nc2ccccc2n1C. The van der Waals surface area contributed by atoms with Crippen LogP contribution in [0.5, 0.6) is 0 Å². The van der Waals surface area contributed by atoms with Crippen molar-refractivity contribution in [3.8, 4) is 0 Å². The third-order valence-corrected chi connectivity index (χ3v) is 3.55. The van der Waals surface area contributed by atoms with Gasteiger partial charge in [-0.2, -0.15) is 0 Å². The number of hydrogen-bond donors (Lipinski definition) is 1. The number of nitrogens with zero attached hydrogens (tertiary/aromatic N) is 2. The zero-order chi connectivity index (χ0) is 14.4. The molecule has 0 fully saturated rings. The number of ether oxygens (including phenoxy) is 1. The number of para-hydroxylation sites is 2. The normalized spacial score (nSPS) is 12.9. The van der Waals surface area contributed by atoms with Gasteiger partial charge in [0.1, 0.15) is 5.82 Å². The molecule has 20 heavy (non-hydrogen) atoms. The van der Waals surface area contributed by atoms with Crippen LogP contribution < -0.4 is 5.32 Å². The summed E-state index contributed by atoms with van der Waals surface area (Å²) in [5.74, 6) is 1.07. The van der Waals surface area contributed by atoms with Gasteiger partial charge in [-0.15, -0.1) is 0 Å². The van der Waals surface area contributed by atoms with Crippen molar-refractivity contribution < 1.29 is 4.74 Å². The van der Waals surface area contributed by atoms with E-state index in [-0.39, 0.29) is 6.04 Å². The summed E-state index contributed by atoms with van der Waals surface area (Å²) >= 11 is 0. The maximum atomic E-state index is 5.56. The zero-order valence-corrected chi connectivity index (χ0v) is 12.7. The fourth-order valence-corrected chi connectivity index (χ4v) is 2.34. The van der Waals surface area contributed by atoms with E-state index in [9.17, 15) is 0 Å². The van der Waals surface area contributed by atoms with E-state index in [2.05, 4.69) is 42.9 Å². The van der Waals surface area contributed by atoms with Crippen molar-refractivity contribution in [2.45, 2.75) is 32.7 Å². The highest BCUT2D eigenvalue weighted by Crippen LogP contribution is 2.18. The maximum Gasteiger partial charge on any atom is 0.126 e. The summed E-state index contributed by atoms with van der Waals surface area (Å²) in [5, 5.41) is 3.47. The Balaban J connectivity index is 1.88. The molecule has 0 spiro atoms. The molecule has 0 bridgehead atoms. The first-order chi connectivity index (χ1) is 9.74. The van der Waals surface area contributed by atoms with E-state index in [4.69, 9.17) is 9.72 Å². The van der Waals surface area contributed by atoms with E-state index in [0.717, 1.165) is 37.5 Å². The molecule has 1 N–H and O–H groups in total. The number of aromatic nitrogens is 2. The lowest BCUT2D eigenvalue weighted by Crippen LogP contribution is -2.25. The minimum atomic E-state index is 0.224. The molecule has 0 saturated heterocycles. The third-order valence-electron chi connectivity index (χ3n) is 3.55. The molecule has 0 amide bonds. The summed E-state index contributed by atoms with van der Waals surface area (Å²) in [6, 6.07) is 8.46. The standard InChI is InChI=1S/C16H25N3O/c1-4-5-11-20-12-10-17-13(2)16-18-14-8-6-7-9-15(14)19(16)3/h6-9,13,17H,4-5,10-12H2,1-3H3. The first-order valence-electron chi connectivity index (χ1n) is 7.46. The molecule has 1 heterocycles. The molecule has 0 saturated carbocycles. The highest BCUT2D eigenvalue weighted by Gasteiger charge is 2.13. The average Bonchev–Trinajstić information content (AvgIpc) is 2.80. The molecule has 0 radical (unpaired) electrons. The topological polar surface area (TPSA) is 39.1 Å². The minimum absolute atomic E-state index is 0.224. The molecule has 1 unspecified atom stereocenters. The average molecular weight is 275 g/mol. The monoisotopic (exact) mass is 275 g/mol. The van der Waals surface area contributed by atoms with Crippen molar-refractivity contribution >= 4 is 11.0 Å². The van der Waals surface area contributed by atoms with E-state index in [1.807, 2.05) is 12.1 Å². The van der Waals surface area contributed by atoms with Crippen molar-refractivity contribution in [1.29, 1.82) is 0 Å². The molecule has 4 nitrogen and oxygen atoms in total. The predicted molar refractivity (Wildman–Crippen MR) is 82.9 cm³/mol. The lowest BCUT2D eigenvalue weighted by atomic mass is 10.3. The van der Waals surface area contributed by atoms with Gasteiger partial charge in [-0.1, -0.05) is 25.5 Å². The quantitative estimate of drug-likeness (QED) is 0.753. The third kappa shape index (κ3) is 3.58. The van der Waals surface area contributed by atoms with Gasteiger partial charge in [0.25, 0.3) is 0 Å². The molecule has 0 aliphatic carbocycles. The van der Waals surface area contributed by atoms with Crippen LogP contribution in [0.1, 0.15) is 38.6 Å². The number of benzene rings is 1. The summed E-state index contributed by atoms with van der Waals surface area (Å²) in [4.78, 5) is 4.70. The molecule has 2 aromatic rings. The van der Waals surface area contributed by atoms with E-state index in [0.29, 0.717) is 0 Å². The number of aryl methyl sites for hydroxylation is 1. The van der Waals surface area contributed by atoms with Gasteiger partial charge in [-0.3, -0.25) is 0 Å². The van der Waals surface area contributed by atoms with Crippen LogP contribution in [0.2, 0.25) is 0 Å². The van der Waals surface area contributed by atoms with E-state index >= 15 is 0 Å². The zero-order valence-electron chi connectivity index (χ0n) is 12.7. The number of fused-ring (bicyclic) bond motifs is 1. The van der Waals surface area contributed by atoms with Gasteiger partial charge in [0.2, 0.25) is 0 Å². The minimum Gasteiger partial charge on any atom is -0.380 e. The highest BCUT2D eigenvalue weighted by atomic mass is 16.5. The highest BCUT2D eigenvalue weighted by molar-refractivity contribution is 5.75. The second kappa shape index (κ2) is 7.41.